The van der Waals surface area contributed by atoms with Gasteiger partial charge in [-0.3, -0.25) is 0 Å². The first-order chi connectivity index (χ1) is 6.75. The number of nitrogens with one attached hydrogen (secondary N) is 1. The Labute approximate surface area is 87.0 Å². The van der Waals surface area contributed by atoms with Crippen LogP contribution in [0.1, 0.15) is 32.1 Å². The van der Waals surface area contributed by atoms with Gasteiger partial charge in [0.15, 0.2) is 0 Å². The maximum atomic E-state index is 5.86. The molecule has 2 rings (SSSR count). The van der Waals surface area contributed by atoms with Crippen molar-refractivity contribution in [1.82, 2.24) is 10.2 Å². The summed E-state index contributed by atoms with van der Waals surface area (Å²) in [7, 11) is 2.24. The van der Waals surface area contributed by atoms with E-state index in [1.54, 1.807) is 0 Å². The molecule has 0 saturated heterocycles. The first-order valence-corrected chi connectivity index (χ1v) is 5.95. The second kappa shape index (κ2) is 4.60. The molecule has 2 unspecified atom stereocenters. The van der Waals surface area contributed by atoms with Crippen molar-refractivity contribution in [2.75, 3.05) is 20.1 Å². The zero-order valence-electron chi connectivity index (χ0n) is 9.21. The molecule has 0 bridgehead atoms. The van der Waals surface area contributed by atoms with Crippen molar-refractivity contribution >= 4 is 0 Å². The Bertz CT molecular complexity index is 179. The fourth-order valence-electron chi connectivity index (χ4n) is 2.34. The number of nitrogens with two attached hydrogens (primary N) is 1. The zero-order valence-corrected chi connectivity index (χ0v) is 9.21. The molecule has 2 saturated carbocycles. The third kappa shape index (κ3) is 2.94. The molecule has 2 atom stereocenters. The second-order valence-electron chi connectivity index (χ2n) is 4.94. The number of hydrogen-bond donors (Lipinski definition) is 2. The predicted molar refractivity (Wildman–Crippen MR) is 59.3 cm³/mol. The zero-order chi connectivity index (χ0) is 9.97. The number of nitrogens with zero attached hydrogens (tertiary/aromatic N) is 1. The average molecular weight is 197 g/mol. The third-order valence-corrected chi connectivity index (χ3v) is 3.54. The molecule has 0 heterocycles. The molecule has 2 fully saturated rings. The van der Waals surface area contributed by atoms with Crippen LogP contribution in [-0.2, 0) is 0 Å². The topological polar surface area (TPSA) is 41.3 Å². The summed E-state index contributed by atoms with van der Waals surface area (Å²) in [6.45, 7) is 2.32. The van der Waals surface area contributed by atoms with Gasteiger partial charge in [-0.25, -0.2) is 0 Å². The fraction of sp³-hybridized carbons (Fsp3) is 1.00. The number of likely N-dealkylation sites (N-methyl/N-ethyl adjacent to an activating group) is 1. The number of rotatable bonds is 5. The van der Waals surface area contributed by atoms with Crippen molar-refractivity contribution in [1.29, 1.82) is 0 Å². The fourth-order valence-corrected chi connectivity index (χ4v) is 2.34. The van der Waals surface area contributed by atoms with E-state index in [1.165, 1.54) is 38.6 Å². The highest BCUT2D eigenvalue weighted by Crippen LogP contribution is 2.24. The average Bonchev–Trinajstić information content (AvgIpc) is 2.92. The smallest absolute Gasteiger partial charge is 0.0107 e. The maximum Gasteiger partial charge on any atom is 0.0107 e. The quantitative estimate of drug-likeness (QED) is 0.676. The van der Waals surface area contributed by atoms with Gasteiger partial charge in [-0.05, 0) is 39.2 Å². The van der Waals surface area contributed by atoms with E-state index in [0.717, 1.165) is 12.6 Å². The lowest BCUT2D eigenvalue weighted by Gasteiger charge is -2.18. The molecule has 0 spiro atoms. The van der Waals surface area contributed by atoms with Crippen LogP contribution < -0.4 is 11.1 Å². The van der Waals surface area contributed by atoms with Crippen LogP contribution in [0.15, 0.2) is 0 Å². The summed E-state index contributed by atoms with van der Waals surface area (Å²) in [6, 6.07) is 2.04. The molecule has 0 amide bonds. The van der Waals surface area contributed by atoms with Crippen LogP contribution in [0.25, 0.3) is 0 Å². The van der Waals surface area contributed by atoms with Gasteiger partial charge < -0.3 is 16.0 Å². The Morgan fingerprint density at radius 2 is 2.07 bits per heavy atom. The Balaban J connectivity index is 1.54. The monoisotopic (exact) mass is 197 g/mol. The summed E-state index contributed by atoms with van der Waals surface area (Å²) < 4.78 is 0. The predicted octanol–water partition coefficient (Wildman–Crippen LogP) is 0.550. The van der Waals surface area contributed by atoms with Gasteiger partial charge in [0.2, 0.25) is 0 Å². The maximum absolute atomic E-state index is 5.86. The largest absolute Gasteiger partial charge is 0.328 e. The van der Waals surface area contributed by atoms with E-state index in [4.69, 9.17) is 5.73 Å². The molecular formula is C11H23N3. The summed E-state index contributed by atoms with van der Waals surface area (Å²) in [6.07, 6.45) is 6.47. The van der Waals surface area contributed by atoms with Gasteiger partial charge in [0.1, 0.15) is 0 Å². The lowest BCUT2D eigenvalue weighted by molar-refractivity contribution is 0.314. The molecule has 3 N–H and O–H groups in total. The van der Waals surface area contributed by atoms with E-state index < -0.39 is 0 Å². The Hall–Kier alpha value is -0.120. The highest BCUT2D eigenvalue weighted by atomic mass is 15.2. The van der Waals surface area contributed by atoms with Crippen molar-refractivity contribution in [2.45, 2.75) is 50.2 Å². The normalized spacial score (nSPS) is 32.8. The molecule has 3 heteroatoms. The molecule has 0 aliphatic heterocycles. The Kier molecular flexibility index (Phi) is 3.42. The van der Waals surface area contributed by atoms with Crippen LogP contribution in [0.4, 0.5) is 0 Å². The summed E-state index contributed by atoms with van der Waals surface area (Å²) in [5, 5.41) is 3.60. The van der Waals surface area contributed by atoms with Crippen LogP contribution in [0.3, 0.4) is 0 Å². The molecule has 0 aromatic rings. The number of hydrogen-bond acceptors (Lipinski definition) is 3. The van der Waals surface area contributed by atoms with E-state index in [1.807, 2.05) is 0 Å². The Morgan fingerprint density at radius 3 is 2.64 bits per heavy atom. The minimum absolute atomic E-state index is 0.452. The molecule has 3 nitrogen and oxygen atoms in total. The Morgan fingerprint density at radius 1 is 1.29 bits per heavy atom. The molecule has 2 aliphatic rings. The van der Waals surface area contributed by atoms with Gasteiger partial charge in [-0.15, -0.1) is 0 Å². The van der Waals surface area contributed by atoms with Crippen molar-refractivity contribution in [3.8, 4) is 0 Å². The molecule has 82 valence electrons. The van der Waals surface area contributed by atoms with Crippen molar-refractivity contribution in [3.05, 3.63) is 0 Å². The third-order valence-electron chi connectivity index (χ3n) is 3.54. The van der Waals surface area contributed by atoms with E-state index in [0.29, 0.717) is 12.1 Å². The van der Waals surface area contributed by atoms with Gasteiger partial charge >= 0.3 is 0 Å². The molecule has 14 heavy (non-hydrogen) atoms. The van der Waals surface area contributed by atoms with E-state index in [9.17, 15) is 0 Å². The second-order valence-corrected chi connectivity index (χ2v) is 4.94. The molecule has 0 aromatic carbocycles. The molecular weight excluding hydrogens is 174 g/mol. The van der Waals surface area contributed by atoms with Crippen LogP contribution in [-0.4, -0.2) is 43.2 Å². The van der Waals surface area contributed by atoms with Gasteiger partial charge in [0.05, 0.1) is 0 Å². The van der Waals surface area contributed by atoms with Gasteiger partial charge in [-0.2, -0.15) is 0 Å². The molecule has 2 aliphatic carbocycles. The van der Waals surface area contributed by atoms with E-state index in [2.05, 4.69) is 17.3 Å². The summed E-state index contributed by atoms with van der Waals surface area (Å²) >= 11 is 0. The lowest BCUT2D eigenvalue weighted by Crippen LogP contribution is -2.36. The highest BCUT2D eigenvalue weighted by Gasteiger charge is 2.26. The van der Waals surface area contributed by atoms with Crippen molar-refractivity contribution in [3.63, 3.8) is 0 Å². The summed E-state index contributed by atoms with van der Waals surface area (Å²) in [5.74, 6) is 0. The molecule has 0 aromatic heterocycles. The lowest BCUT2D eigenvalue weighted by atomic mass is 10.2. The van der Waals surface area contributed by atoms with E-state index >= 15 is 0 Å². The standard InChI is InChI=1S/C11H23N3/c1-14(11-4-5-11)7-6-13-10-3-2-9(12)8-10/h9-11,13H,2-8,12H2,1H3. The van der Waals surface area contributed by atoms with Crippen LogP contribution >= 0.6 is 0 Å². The van der Waals surface area contributed by atoms with Crippen LogP contribution in [0.2, 0.25) is 0 Å². The first-order valence-electron chi connectivity index (χ1n) is 5.95. The summed E-state index contributed by atoms with van der Waals surface area (Å²) in [4.78, 5) is 2.47. The first kappa shape index (κ1) is 10.4. The SMILES string of the molecule is CN(CCNC1CCC(N)C1)C1CC1. The van der Waals surface area contributed by atoms with Gasteiger partial charge in [-0.1, -0.05) is 0 Å². The van der Waals surface area contributed by atoms with Gasteiger partial charge in [0, 0.05) is 31.2 Å². The van der Waals surface area contributed by atoms with Crippen LogP contribution in [0, 0.1) is 0 Å². The minimum atomic E-state index is 0.452. The molecule has 0 radical (unpaired) electrons. The highest BCUT2D eigenvalue weighted by molar-refractivity contribution is 4.85. The van der Waals surface area contributed by atoms with Gasteiger partial charge in [0.25, 0.3) is 0 Å². The van der Waals surface area contributed by atoms with E-state index in [-0.39, 0.29) is 0 Å². The minimum Gasteiger partial charge on any atom is -0.328 e. The van der Waals surface area contributed by atoms with Crippen molar-refractivity contribution in [2.24, 2.45) is 5.73 Å². The van der Waals surface area contributed by atoms with Crippen molar-refractivity contribution < 1.29 is 0 Å². The summed E-state index contributed by atoms with van der Waals surface area (Å²) in [5.41, 5.74) is 5.86. The van der Waals surface area contributed by atoms with Crippen LogP contribution in [0.5, 0.6) is 0 Å².